The molecule has 0 aliphatic carbocycles. The van der Waals surface area contributed by atoms with Crippen LogP contribution in [-0.2, 0) is 14.8 Å². The third-order valence-corrected chi connectivity index (χ3v) is 9.39. The number of nitrogens with one attached hydrogen (secondary N) is 1. The number of sulfonamides is 1. The van der Waals surface area contributed by atoms with Crippen molar-refractivity contribution in [1.29, 1.82) is 0 Å². The topological polar surface area (TPSA) is 83.8 Å². The Bertz CT molecular complexity index is 1280. The van der Waals surface area contributed by atoms with Crippen molar-refractivity contribution in [2.45, 2.75) is 17.1 Å². The van der Waals surface area contributed by atoms with E-state index < -0.39 is 10.0 Å². The number of imidazole rings is 1. The van der Waals surface area contributed by atoms with E-state index in [-0.39, 0.29) is 18.4 Å². The lowest BCUT2D eigenvalue weighted by Crippen LogP contribution is -2.43. The molecular formula is C21H20N4O3S3. The molecule has 1 aromatic carbocycles. The summed E-state index contributed by atoms with van der Waals surface area (Å²) >= 11 is 2.78. The van der Waals surface area contributed by atoms with Crippen LogP contribution in [0.2, 0.25) is 0 Å². The number of benzene rings is 1. The smallest absolute Gasteiger partial charge is 0.252 e. The van der Waals surface area contributed by atoms with Crippen LogP contribution < -0.4 is 5.32 Å². The highest BCUT2D eigenvalue weighted by Crippen LogP contribution is 2.28. The van der Waals surface area contributed by atoms with Crippen LogP contribution in [0.3, 0.4) is 0 Å². The van der Waals surface area contributed by atoms with Gasteiger partial charge in [-0.15, -0.1) is 22.7 Å². The average molecular weight is 473 g/mol. The number of aromatic nitrogens is 2. The summed E-state index contributed by atoms with van der Waals surface area (Å²) in [4.78, 5) is 18.3. The van der Waals surface area contributed by atoms with Gasteiger partial charge in [-0.05, 0) is 36.4 Å². The zero-order valence-electron chi connectivity index (χ0n) is 16.5. The number of nitrogens with zero attached hydrogens (tertiary/aromatic N) is 3. The SMILES string of the molecule is O=C(Nc1ccc(-c2cn3ccsc3n2)cc1)[C@@H]1CCCN(S(=O)(=O)c2cccs2)C1. The van der Waals surface area contributed by atoms with Crippen LogP contribution >= 0.6 is 22.7 Å². The Morgan fingerprint density at radius 3 is 2.71 bits per heavy atom. The Morgan fingerprint density at radius 1 is 1.13 bits per heavy atom. The maximum Gasteiger partial charge on any atom is 0.252 e. The molecular weight excluding hydrogens is 452 g/mol. The van der Waals surface area contributed by atoms with Gasteiger partial charge >= 0.3 is 0 Å². The zero-order chi connectivity index (χ0) is 21.4. The molecule has 31 heavy (non-hydrogen) atoms. The fourth-order valence-electron chi connectivity index (χ4n) is 3.75. The summed E-state index contributed by atoms with van der Waals surface area (Å²) in [5, 5.41) is 6.67. The first-order chi connectivity index (χ1) is 15.0. The van der Waals surface area contributed by atoms with Gasteiger partial charge in [0.2, 0.25) is 5.91 Å². The summed E-state index contributed by atoms with van der Waals surface area (Å²) in [6.07, 6.45) is 5.28. The van der Waals surface area contributed by atoms with Gasteiger partial charge < -0.3 is 5.32 Å². The lowest BCUT2D eigenvalue weighted by Gasteiger charge is -2.30. The zero-order valence-corrected chi connectivity index (χ0v) is 18.9. The van der Waals surface area contributed by atoms with Crippen LogP contribution in [0.1, 0.15) is 12.8 Å². The van der Waals surface area contributed by atoms with Gasteiger partial charge in [-0.3, -0.25) is 9.20 Å². The Hall–Kier alpha value is -2.53. The van der Waals surface area contributed by atoms with E-state index in [4.69, 9.17) is 0 Å². The molecule has 0 radical (unpaired) electrons. The second-order valence-corrected chi connectivity index (χ2v) is 11.4. The van der Waals surface area contributed by atoms with Gasteiger partial charge in [-0.1, -0.05) is 18.2 Å². The first-order valence-corrected chi connectivity index (χ1v) is 13.1. The maximum atomic E-state index is 12.8. The first kappa shape index (κ1) is 20.4. The van der Waals surface area contributed by atoms with Crippen LogP contribution in [0.15, 0.2) is 63.8 Å². The molecule has 1 N–H and O–H groups in total. The van der Waals surface area contributed by atoms with Crippen LogP contribution in [0, 0.1) is 5.92 Å². The molecule has 1 fully saturated rings. The molecule has 1 saturated heterocycles. The van der Waals surface area contributed by atoms with Crippen molar-refractivity contribution in [2.24, 2.45) is 5.92 Å². The summed E-state index contributed by atoms with van der Waals surface area (Å²) in [7, 11) is -3.54. The fourth-order valence-corrected chi connectivity index (χ4v) is 7.12. The summed E-state index contributed by atoms with van der Waals surface area (Å²) in [5.74, 6) is -0.524. The number of carbonyl (C=O) groups is 1. The number of thiophene rings is 1. The molecule has 0 unspecified atom stereocenters. The second kappa shape index (κ2) is 8.19. The number of carbonyl (C=O) groups excluding carboxylic acids is 1. The molecule has 0 spiro atoms. The minimum Gasteiger partial charge on any atom is -0.326 e. The molecule has 10 heteroatoms. The number of fused-ring (bicyclic) bond motifs is 1. The van der Waals surface area contributed by atoms with Crippen LogP contribution in [0.5, 0.6) is 0 Å². The van der Waals surface area contributed by atoms with E-state index >= 15 is 0 Å². The van der Waals surface area contributed by atoms with E-state index in [1.165, 1.54) is 15.6 Å². The predicted octanol–water partition coefficient (Wildman–Crippen LogP) is 4.16. The van der Waals surface area contributed by atoms with E-state index in [0.717, 1.165) is 16.2 Å². The minimum absolute atomic E-state index is 0.152. The summed E-state index contributed by atoms with van der Waals surface area (Å²) in [5.41, 5.74) is 2.54. The lowest BCUT2D eigenvalue weighted by atomic mass is 9.98. The average Bonchev–Trinajstić information content (AvgIpc) is 3.52. The van der Waals surface area contributed by atoms with Gasteiger partial charge in [-0.25, -0.2) is 13.4 Å². The third kappa shape index (κ3) is 4.03. The molecule has 1 aliphatic rings. The second-order valence-electron chi connectivity index (χ2n) is 7.42. The van der Waals surface area contributed by atoms with Crippen molar-refractivity contribution in [3.05, 3.63) is 59.6 Å². The van der Waals surface area contributed by atoms with Crippen molar-refractivity contribution in [1.82, 2.24) is 13.7 Å². The Balaban J connectivity index is 1.26. The molecule has 160 valence electrons. The number of hydrogen-bond acceptors (Lipinski definition) is 6. The third-order valence-electron chi connectivity index (χ3n) is 5.39. The monoisotopic (exact) mass is 472 g/mol. The summed E-state index contributed by atoms with van der Waals surface area (Å²) in [6.45, 7) is 0.649. The predicted molar refractivity (Wildman–Crippen MR) is 123 cm³/mol. The van der Waals surface area contributed by atoms with E-state index in [0.29, 0.717) is 29.3 Å². The highest BCUT2D eigenvalue weighted by molar-refractivity contribution is 7.91. The largest absolute Gasteiger partial charge is 0.326 e. The van der Waals surface area contributed by atoms with E-state index in [9.17, 15) is 13.2 Å². The minimum atomic E-state index is -3.54. The van der Waals surface area contributed by atoms with Crippen LogP contribution in [-0.4, -0.2) is 41.1 Å². The summed E-state index contributed by atoms with van der Waals surface area (Å²) in [6, 6.07) is 10.9. The van der Waals surface area contributed by atoms with Gasteiger partial charge in [0.25, 0.3) is 10.0 Å². The Labute approximate surface area is 188 Å². The normalized spacial score (nSPS) is 17.7. The van der Waals surface area contributed by atoms with E-state index in [1.807, 2.05) is 46.4 Å². The number of hydrogen-bond donors (Lipinski definition) is 1. The van der Waals surface area contributed by atoms with Gasteiger partial charge in [0.05, 0.1) is 11.6 Å². The molecule has 0 bridgehead atoms. The number of anilines is 1. The molecule has 4 aromatic rings. The number of rotatable bonds is 5. The van der Waals surface area contributed by atoms with Gasteiger partial charge in [-0.2, -0.15) is 4.31 Å². The highest BCUT2D eigenvalue weighted by atomic mass is 32.2. The molecule has 0 saturated carbocycles. The van der Waals surface area contributed by atoms with E-state index in [2.05, 4.69) is 10.3 Å². The lowest BCUT2D eigenvalue weighted by molar-refractivity contribution is -0.120. The molecule has 7 nitrogen and oxygen atoms in total. The van der Waals surface area contributed by atoms with Crippen molar-refractivity contribution in [3.8, 4) is 11.3 Å². The van der Waals surface area contributed by atoms with Crippen molar-refractivity contribution < 1.29 is 13.2 Å². The van der Waals surface area contributed by atoms with Crippen molar-refractivity contribution in [3.63, 3.8) is 0 Å². The molecule has 5 rings (SSSR count). The van der Waals surface area contributed by atoms with Gasteiger partial charge in [0.1, 0.15) is 4.21 Å². The number of piperidine rings is 1. The quantitative estimate of drug-likeness (QED) is 0.473. The molecule has 1 amide bonds. The number of amides is 1. The standard InChI is InChI=1S/C21H20N4O3S3/c26-20(16-3-1-9-25(13-16)31(27,28)19-4-2-11-29-19)22-17-7-5-15(6-8-17)18-14-24-10-12-30-21(24)23-18/h2,4-8,10-12,14,16H,1,3,9,13H2,(H,22,26)/t16-/m1/s1. The molecule has 3 aromatic heterocycles. The van der Waals surface area contributed by atoms with Gasteiger partial charge in [0, 0.05) is 42.1 Å². The highest BCUT2D eigenvalue weighted by Gasteiger charge is 2.33. The molecule has 4 heterocycles. The molecule has 1 aliphatic heterocycles. The van der Waals surface area contributed by atoms with Gasteiger partial charge in [0.15, 0.2) is 4.96 Å². The summed E-state index contributed by atoms with van der Waals surface area (Å²) < 4.78 is 29.3. The fraction of sp³-hybridized carbons (Fsp3) is 0.238. The Kier molecular flexibility index (Phi) is 5.39. The van der Waals surface area contributed by atoms with Crippen molar-refractivity contribution >= 4 is 49.3 Å². The Morgan fingerprint density at radius 2 is 1.97 bits per heavy atom. The number of thiazole rings is 1. The first-order valence-electron chi connectivity index (χ1n) is 9.88. The van der Waals surface area contributed by atoms with E-state index in [1.54, 1.807) is 28.8 Å². The van der Waals surface area contributed by atoms with Crippen LogP contribution in [0.25, 0.3) is 16.2 Å². The van der Waals surface area contributed by atoms with Crippen molar-refractivity contribution in [2.75, 3.05) is 18.4 Å². The maximum absolute atomic E-state index is 12.8. The molecule has 1 atom stereocenters. The van der Waals surface area contributed by atoms with Crippen LogP contribution in [0.4, 0.5) is 5.69 Å².